The Labute approximate surface area is 668 Å². The molecule has 5 unspecified atom stereocenters. The van der Waals surface area contributed by atoms with Gasteiger partial charge in [-0.15, -0.1) is 0 Å². The number of hydrogen-bond acceptors (Lipinski definition) is 15. The molecule has 5 atom stereocenters. The van der Waals surface area contributed by atoms with Gasteiger partial charge in [0.1, 0.15) is 19.3 Å². The summed E-state index contributed by atoms with van der Waals surface area (Å²) in [5.74, 6) is -2.27. The molecule has 3 N–H and O–H groups in total. The van der Waals surface area contributed by atoms with E-state index in [2.05, 4.69) is 174 Å². The summed E-state index contributed by atoms with van der Waals surface area (Å²) in [7, 11) is -10.00. The molecule has 19 heteroatoms. The van der Waals surface area contributed by atoms with Crippen LogP contribution in [0.5, 0.6) is 0 Å². The Kier molecular flexibility index (Phi) is 77.7. The highest BCUT2D eigenvalue weighted by Gasteiger charge is 2.30. The van der Waals surface area contributed by atoms with Gasteiger partial charge < -0.3 is 33.8 Å². The van der Waals surface area contributed by atoms with Gasteiger partial charge in [0.2, 0.25) is 0 Å². The number of ether oxygens (including phenoxy) is 4. The first-order valence-corrected chi connectivity index (χ1v) is 45.7. The zero-order chi connectivity index (χ0) is 80.3. The van der Waals surface area contributed by atoms with Crippen LogP contribution in [0.25, 0.3) is 0 Å². The number of allylic oxidation sites excluding steroid dienone is 26. The highest BCUT2D eigenvalue weighted by molar-refractivity contribution is 7.47. The number of esters is 4. The minimum absolute atomic E-state index is 0.0695. The summed E-state index contributed by atoms with van der Waals surface area (Å²) in [6.07, 6.45) is 96.3. The Morgan fingerprint density at radius 3 is 0.764 bits per heavy atom. The lowest BCUT2D eigenvalue weighted by atomic mass is 10.0. The molecule has 0 aliphatic rings. The molecule has 628 valence electrons. The molecular formula is C91H152O17P2. The van der Waals surface area contributed by atoms with Crippen LogP contribution in [-0.4, -0.2) is 96.7 Å². The summed E-state index contributed by atoms with van der Waals surface area (Å²) in [4.78, 5) is 73.3. The number of carbonyl (C=O) groups excluding carboxylic acids is 4. The molecule has 0 rings (SSSR count). The van der Waals surface area contributed by atoms with Crippen LogP contribution in [-0.2, 0) is 65.4 Å². The molecule has 0 aliphatic heterocycles. The molecule has 0 aliphatic carbocycles. The van der Waals surface area contributed by atoms with E-state index in [4.69, 9.17) is 37.0 Å². The van der Waals surface area contributed by atoms with Crippen LogP contribution in [0, 0.1) is 0 Å². The zero-order valence-corrected chi connectivity index (χ0v) is 70.7. The summed E-state index contributed by atoms with van der Waals surface area (Å²) in [5.41, 5.74) is 0. The Morgan fingerprint density at radius 1 is 0.264 bits per heavy atom. The Bertz CT molecular complexity index is 2700. The average molecular weight is 1580 g/mol. The SMILES string of the molecule is CC/C=C\C/C=C\C/C=C\C/C=C\C/C=C\CCCC(=O)OCC(COP(=O)(O)OCC(O)COP(=O)(O)OCC(COC(=O)CCCCCCCC/C=C\C/C=C\C/C=C\C/C=C\CC)OC(=O)CCCCCCCC/C=C\C/C=C\C/C=C\C/C=C\CC)OC(=O)CCCCCCCCCCCCCCCCC. The quantitative estimate of drug-likeness (QED) is 0.0169. The van der Waals surface area contributed by atoms with E-state index in [-0.39, 0.29) is 25.7 Å². The average Bonchev–Trinajstić information content (AvgIpc) is 0.911. The second kappa shape index (κ2) is 81.7. The van der Waals surface area contributed by atoms with Crippen molar-refractivity contribution in [1.29, 1.82) is 0 Å². The molecule has 0 bridgehead atoms. The number of carbonyl (C=O) groups is 4. The van der Waals surface area contributed by atoms with Gasteiger partial charge in [-0.2, -0.15) is 0 Å². The van der Waals surface area contributed by atoms with Crippen LogP contribution in [0.1, 0.15) is 336 Å². The van der Waals surface area contributed by atoms with Crippen molar-refractivity contribution in [2.75, 3.05) is 39.6 Å². The summed E-state index contributed by atoms with van der Waals surface area (Å²) < 4.78 is 68.8. The molecule has 17 nitrogen and oxygen atoms in total. The largest absolute Gasteiger partial charge is 0.472 e. The molecule has 0 heterocycles. The number of hydrogen-bond donors (Lipinski definition) is 3. The maximum absolute atomic E-state index is 13.2. The first-order valence-electron chi connectivity index (χ1n) is 42.7. The van der Waals surface area contributed by atoms with Crippen molar-refractivity contribution in [3.8, 4) is 0 Å². The smallest absolute Gasteiger partial charge is 0.462 e. The van der Waals surface area contributed by atoms with E-state index in [1.165, 1.54) is 64.2 Å². The molecule has 0 fully saturated rings. The minimum Gasteiger partial charge on any atom is -0.462 e. The number of aliphatic hydroxyl groups is 1. The van der Waals surface area contributed by atoms with Crippen molar-refractivity contribution >= 4 is 39.5 Å². The van der Waals surface area contributed by atoms with Gasteiger partial charge in [-0.3, -0.25) is 37.3 Å². The lowest BCUT2D eigenvalue weighted by Gasteiger charge is -2.21. The van der Waals surface area contributed by atoms with E-state index in [0.717, 1.165) is 186 Å². The number of phosphoric ester groups is 2. The minimum atomic E-state index is -5.00. The number of unbranched alkanes of at least 4 members (excludes halogenated alkanes) is 27. The monoisotopic (exact) mass is 1580 g/mol. The highest BCUT2D eigenvalue weighted by atomic mass is 31.2. The predicted molar refractivity (Wildman–Crippen MR) is 454 cm³/mol. The molecule has 0 saturated heterocycles. The van der Waals surface area contributed by atoms with Crippen LogP contribution in [0.2, 0.25) is 0 Å². The normalized spacial score (nSPS) is 14.6. The number of phosphoric acid groups is 2. The summed E-state index contributed by atoms with van der Waals surface area (Å²) in [6.45, 7) is 4.48. The van der Waals surface area contributed by atoms with Gasteiger partial charge >= 0.3 is 39.5 Å². The highest BCUT2D eigenvalue weighted by Crippen LogP contribution is 2.45. The molecule has 0 aromatic rings. The standard InChI is InChI=1S/C91H152O17P2/c1-5-9-13-17-21-25-29-33-37-40-42-45-49-52-56-60-64-68-72-76-89(94)102-82-87(108-91(96)78-74-70-66-62-58-54-50-46-43-41-38-34-30-26-22-18-14-10-6-2)84-106-110(99,100)104-80-85(92)79-103-109(97,98)105-83-86(107-90(95)77-73-69-65-61-57-53-47-36-32-28-24-20-16-12-8-4)81-101-88(93)75-71-67-63-59-55-51-48-44-39-35-31-27-23-19-15-11-7-3/h9-11,13-15,21-23,25-27,33-35,37-39,42-43,45-46,48,51,59,63,85-87,92H,5-8,12,16-20,24,28-32,36,40-41,44,47,49-50,52-58,60-62,64-84H2,1-4H3,(H,97,98)(H,99,100)/b13-9-,14-10-,15-11-,25-21-,26-22-,27-23-,37-33-,38-34-,39-35-,45-42-,46-43-,51-48-,63-59-. The maximum atomic E-state index is 13.2. The zero-order valence-electron chi connectivity index (χ0n) is 68.9. The molecule has 0 aromatic carbocycles. The second-order valence-electron chi connectivity index (χ2n) is 28.0. The van der Waals surface area contributed by atoms with Crippen LogP contribution >= 0.6 is 15.6 Å². The lowest BCUT2D eigenvalue weighted by Crippen LogP contribution is -2.30. The van der Waals surface area contributed by atoms with Crippen molar-refractivity contribution in [2.45, 2.75) is 354 Å². The van der Waals surface area contributed by atoms with Gasteiger partial charge in [0, 0.05) is 25.7 Å². The van der Waals surface area contributed by atoms with E-state index >= 15 is 0 Å². The van der Waals surface area contributed by atoms with E-state index in [9.17, 15) is 43.2 Å². The summed E-state index contributed by atoms with van der Waals surface area (Å²) in [5, 5.41) is 10.7. The van der Waals surface area contributed by atoms with Crippen LogP contribution in [0.3, 0.4) is 0 Å². The van der Waals surface area contributed by atoms with Gasteiger partial charge in [0.05, 0.1) is 26.4 Å². The molecule has 0 amide bonds. The van der Waals surface area contributed by atoms with Gasteiger partial charge in [-0.25, -0.2) is 9.13 Å². The summed E-state index contributed by atoms with van der Waals surface area (Å²) >= 11 is 0. The van der Waals surface area contributed by atoms with Crippen molar-refractivity contribution in [3.05, 3.63) is 158 Å². The van der Waals surface area contributed by atoms with E-state index in [1.54, 1.807) is 0 Å². The molecule has 110 heavy (non-hydrogen) atoms. The Balaban J connectivity index is 5.45. The molecular weight excluding hydrogens is 1430 g/mol. The topological polar surface area (TPSA) is 237 Å². The van der Waals surface area contributed by atoms with E-state index in [0.29, 0.717) is 32.1 Å². The van der Waals surface area contributed by atoms with E-state index in [1.807, 2.05) is 12.2 Å². The third-order valence-electron chi connectivity index (χ3n) is 17.5. The Hall–Kier alpha value is -5.32. The summed E-state index contributed by atoms with van der Waals surface area (Å²) in [6, 6.07) is 0. The third kappa shape index (κ3) is 80.7. The molecule has 0 spiro atoms. The predicted octanol–water partition coefficient (Wildman–Crippen LogP) is 25.6. The lowest BCUT2D eigenvalue weighted by molar-refractivity contribution is -0.161. The molecule has 0 saturated carbocycles. The van der Waals surface area contributed by atoms with Gasteiger partial charge in [0.15, 0.2) is 12.2 Å². The number of aliphatic hydroxyl groups excluding tert-OH is 1. The molecule has 0 aromatic heterocycles. The van der Waals surface area contributed by atoms with Crippen LogP contribution in [0.4, 0.5) is 0 Å². The fourth-order valence-corrected chi connectivity index (χ4v) is 12.7. The first-order chi connectivity index (χ1) is 53.7. The van der Waals surface area contributed by atoms with Gasteiger partial charge in [-0.05, 0) is 141 Å². The van der Waals surface area contributed by atoms with E-state index < -0.39 is 97.5 Å². The second-order valence-corrected chi connectivity index (χ2v) is 30.9. The van der Waals surface area contributed by atoms with Gasteiger partial charge in [0.25, 0.3) is 0 Å². The van der Waals surface area contributed by atoms with Gasteiger partial charge in [-0.1, -0.05) is 327 Å². The third-order valence-corrected chi connectivity index (χ3v) is 19.4. The first kappa shape index (κ1) is 105. The van der Waals surface area contributed by atoms with Crippen molar-refractivity contribution in [1.82, 2.24) is 0 Å². The Morgan fingerprint density at radius 2 is 0.482 bits per heavy atom. The number of rotatable bonds is 79. The van der Waals surface area contributed by atoms with Crippen molar-refractivity contribution < 1.29 is 80.2 Å². The fourth-order valence-electron chi connectivity index (χ4n) is 11.1. The maximum Gasteiger partial charge on any atom is 0.472 e. The molecule has 0 radical (unpaired) electrons. The van der Waals surface area contributed by atoms with Crippen molar-refractivity contribution in [2.24, 2.45) is 0 Å². The van der Waals surface area contributed by atoms with Crippen LogP contribution in [0.15, 0.2) is 158 Å². The van der Waals surface area contributed by atoms with Crippen LogP contribution < -0.4 is 0 Å². The van der Waals surface area contributed by atoms with Crippen molar-refractivity contribution in [3.63, 3.8) is 0 Å². The fraction of sp³-hybridized carbons (Fsp3) is 0.670.